The van der Waals surface area contributed by atoms with Crippen molar-refractivity contribution < 1.29 is 9.26 Å². The van der Waals surface area contributed by atoms with Gasteiger partial charge in [-0.3, -0.25) is 0 Å². The SMILES string of the molecule is CCOC(CC)(CC)c1noc(CCC2CCNC2)n1. The summed E-state index contributed by atoms with van der Waals surface area (Å²) in [6, 6.07) is 0. The van der Waals surface area contributed by atoms with E-state index >= 15 is 0 Å². The summed E-state index contributed by atoms with van der Waals surface area (Å²) in [5, 5.41) is 7.55. The highest BCUT2D eigenvalue weighted by atomic mass is 16.5. The van der Waals surface area contributed by atoms with Crippen molar-refractivity contribution in [1.29, 1.82) is 0 Å². The van der Waals surface area contributed by atoms with Crippen molar-refractivity contribution in [3.63, 3.8) is 0 Å². The van der Waals surface area contributed by atoms with Crippen molar-refractivity contribution in [2.75, 3.05) is 19.7 Å². The highest BCUT2D eigenvalue weighted by Crippen LogP contribution is 2.31. The van der Waals surface area contributed by atoms with Gasteiger partial charge in [0.25, 0.3) is 0 Å². The number of nitrogens with zero attached hydrogens (tertiary/aromatic N) is 2. The highest BCUT2D eigenvalue weighted by molar-refractivity contribution is 5.01. The maximum absolute atomic E-state index is 5.91. The van der Waals surface area contributed by atoms with E-state index in [0.717, 1.165) is 50.6 Å². The van der Waals surface area contributed by atoms with Gasteiger partial charge in [-0.2, -0.15) is 4.98 Å². The third kappa shape index (κ3) is 3.38. The molecule has 1 saturated heterocycles. The fraction of sp³-hybridized carbons (Fsp3) is 0.867. The topological polar surface area (TPSA) is 60.2 Å². The maximum atomic E-state index is 5.91. The number of hydrogen-bond acceptors (Lipinski definition) is 5. The van der Waals surface area contributed by atoms with E-state index in [0.29, 0.717) is 12.4 Å². The quantitative estimate of drug-likeness (QED) is 0.794. The summed E-state index contributed by atoms with van der Waals surface area (Å²) in [6.07, 6.45) is 4.98. The lowest BCUT2D eigenvalue weighted by molar-refractivity contribution is -0.0583. The summed E-state index contributed by atoms with van der Waals surface area (Å²) < 4.78 is 11.3. The number of ether oxygens (including phenoxy) is 1. The Morgan fingerprint density at radius 1 is 1.35 bits per heavy atom. The zero-order chi connectivity index (χ0) is 14.4. The van der Waals surface area contributed by atoms with Crippen molar-refractivity contribution in [2.24, 2.45) is 5.92 Å². The van der Waals surface area contributed by atoms with Gasteiger partial charge in [-0.25, -0.2) is 0 Å². The Morgan fingerprint density at radius 2 is 2.15 bits per heavy atom. The van der Waals surface area contributed by atoms with Crippen molar-refractivity contribution in [1.82, 2.24) is 15.5 Å². The van der Waals surface area contributed by atoms with Crippen LogP contribution in [-0.2, 0) is 16.8 Å². The third-order valence-corrected chi connectivity index (χ3v) is 4.37. The van der Waals surface area contributed by atoms with Crippen LogP contribution in [0.15, 0.2) is 4.52 Å². The molecule has 1 aromatic heterocycles. The second-order valence-electron chi connectivity index (χ2n) is 5.54. The van der Waals surface area contributed by atoms with Crippen LogP contribution < -0.4 is 5.32 Å². The summed E-state index contributed by atoms with van der Waals surface area (Å²) in [4.78, 5) is 4.58. The average molecular weight is 281 g/mol. The van der Waals surface area contributed by atoms with Crippen molar-refractivity contribution in [2.45, 2.75) is 58.5 Å². The molecule has 0 spiro atoms. The largest absolute Gasteiger partial charge is 0.367 e. The molecule has 1 fully saturated rings. The molecule has 5 heteroatoms. The van der Waals surface area contributed by atoms with Crippen LogP contribution in [0.2, 0.25) is 0 Å². The third-order valence-electron chi connectivity index (χ3n) is 4.37. The molecule has 0 aromatic carbocycles. The fourth-order valence-corrected chi connectivity index (χ4v) is 2.94. The molecular weight excluding hydrogens is 254 g/mol. The smallest absolute Gasteiger partial charge is 0.226 e. The molecular formula is C15H27N3O2. The Labute approximate surface area is 121 Å². The number of hydrogen-bond donors (Lipinski definition) is 1. The van der Waals surface area contributed by atoms with E-state index in [9.17, 15) is 0 Å². The van der Waals surface area contributed by atoms with Gasteiger partial charge in [0.1, 0.15) is 5.60 Å². The molecule has 2 heterocycles. The molecule has 20 heavy (non-hydrogen) atoms. The van der Waals surface area contributed by atoms with E-state index in [1.165, 1.54) is 6.42 Å². The van der Waals surface area contributed by atoms with E-state index in [1.807, 2.05) is 6.92 Å². The zero-order valence-corrected chi connectivity index (χ0v) is 12.9. The van der Waals surface area contributed by atoms with Crippen LogP contribution in [0.4, 0.5) is 0 Å². The molecule has 1 atom stereocenters. The summed E-state index contributed by atoms with van der Waals surface area (Å²) in [5.74, 6) is 2.21. The molecule has 1 aliphatic heterocycles. The first-order chi connectivity index (χ1) is 9.74. The van der Waals surface area contributed by atoms with Gasteiger partial charge >= 0.3 is 0 Å². The minimum absolute atomic E-state index is 0.384. The number of rotatable bonds is 8. The lowest BCUT2D eigenvalue weighted by Crippen LogP contribution is -2.29. The van der Waals surface area contributed by atoms with E-state index in [-0.39, 0.29) is 5.60 Å². The Balaban J connectivity index is 1.98. The van der Waals surface area contributed by atoms with Crippen LogP contribution in [0.25, 0.3) is 0 Å². The van der Waals surface area contributed by atoms with Crippen LogP contribution >= 0.6 is 0 Å². The average Bonchev–Trinajstić information content (AvgIpc) is 3.14. The Morgan fingerprint density at radius 3 is 2.75 bits per heavy atom. The van der Waals surface area contributed by atoms with Crippen molar-refractivity contribution in [3.8, 4) is 0 Å². The van der Waals surface area contributed by atoms with Crippen LogP contribution in [0, 0.1) is 5.92 Å². The first-order valence-corrected chi connectivity index (χ1v) is 7.91. The van der Waals surface area contributed by atoms with Gasteiger partial charge in [0.2, 0.25) is 11.7 Å². The normalized spacial score (nSPS) is 19.6. The molecule has 5 nitrogen and oxygen atoms in total. The summed E-state index contributed by atoms with van der Waals surface area (Å²) in [5.41, 5.74) is -0.384. The number of aryl methyl sites for hydroxylation is 1. The molecule has 0 radical (unpaired) electrons. The number of nitrogens with one attached hydrogen (secondary N) is 1. The zero-order valence-electron chi connectivity index (χ0n) is 12.9. The molecule has 0 aliphatic carbocycles. The van der Waals surface area contributed by atoms with Crippen LogP contribution in [0.1, 0.15) is 58.2 Å². The molecule has 0 amide bonds. The van der Waals surface area contributed by atoms with Gasteiger partial charge in [-0.1, -0.05) is 19.0 Å². The lowest BCUT2D eigenvalue weighted by Gasteiger charge is -2.27. The molecule has 1 aromatic rings. The standard InChI is InChI=1S/C15H27N3O2/c1-4-15(5-2,19-6-3)14-17-13(20-18-14)8-7-12-9-10-16-11-12/h12,16H,4-11H2,1-3H3. The predicted molar refractivity (Wildman–Crippen MR) is 77.5 cm³/mol. The Kier molecular flexibility index (Phi) is 5.54. The Bertz CT molecular complexity index is 396. The van der Waals surface area contributed by atoms with E-state index in [2.05, 4.69) is 29.3 Å². The van der Waals surface area contributed by atoms with Gasteiger partial charge in [0, 0.05) is 13.0 Å². The van der Waals surface area contributed by atoms with Gasteiger partial charge in [0.15, 0.2) is 0 Å². The first kappa shape index (κ1) is 15.4. The van der Waals surface area contributed by atoms with E-state index < -0.39 is 0 Å². The van der Waals surface area contributed by atoms with Gasteiger partial charge in [0.05, 0.1) is 0 Å². The number of aromatic nitrogens is 2. The first-order valence-electron chi connectivity index (χ1n) is 7.91. The summed E-state index contributed by atoms with van der Waals surface area (Å²) in [7, 11) is 0. The second kappa shape index (κ2) is 7.18. The molecule has 2 rings (SSSR count). The van der Waals surface area contributed by atoms with Crippen LogP contribution in [0.5, 0.6) is 0 Å². The summed E-state index contributed by atoms with van der Waals surface area (Å²) in [6.45, 7) is 9.15. The van der Waals surface area contributed by atoms with E-state index in [1.54, 1.807) is 0 Å². The molecule has 1 N–H and O–H groups in total. The van der Waals surface area contributed by atoms with Gasteiger partial charge < -0.3 is 14.6 Å². The summed E-state index contributed by atoms with van der Waals surface area (Å²) >= 11 is 0. The predicted octanol–water partition coefficient (Wildman–Crippen LogP) is 2.66. The second-order valence-corrected chi connectivity index (χ2v) is 5.54. The highest BCUT2D eigenvalue weighted by Gasteiger charge is 2.34. The Hall–Kier alpha value is -0.940. The molecule has 0 bridgehead atoms. The van der Waals surface area contributed by atoms with E-state index in [4.69, 9.17) is 9.26 Å². The minimum Gasteiger partial charge on any atom is -0.367 e. The van der Waals surface area contributed by atoms with Crippen molar-refractivity contribution in [3.05, 3.63) is 11.7 Å². The maximum Gasteiger partial charge on any atom is 0.226 e. The lowest BCUT2D eigenvalue weighted by atomic mass is 9.96. The fourth-order valence-electron chi connectivity index (χ4n) is 2.94. The monoisotopic (exact) mass is 281 g/mol. The van der Waals surface area contributed by atoms with Crippen LogP contribution in [0.3, 0.4) is 0 Å². The molecule has 0 saturated carbocycles. The van der Waals surface area contributed by atoms with Gasteiger partial charge in [-0.05, 0) is 51.6 Å². The minimum atomic E-state index is -0.384. The molecule has 114 valence electrons. The molecule has 1 aliphatic rings. The van der Waals surface area contributed by atoms with Crippen molar-refractivity contribution >= 4 is 0 Å². The van der Waals surface area contributed by atoms with Gasteiger partial charge in [-0.15, -0.1) is 0 Å². The molecule has 1 unspecified atom stereocenters. The van der Waals surface area contributed by atoms with Crippen LogP contribution in [-0.4, -0.2) is 29.8 Å².